The van der Waals surface area contributed by atoms with E-state index in [2.05, 4.69) is 47.2 Å². The lowest BCUT2D eigenvalue weighted by atomic mass is 9.87. The van der Waals surface area contributed by atoms with Crippen LogP contribution in [0, 0.1) is 0 Å². The Balaban J connectivity index is 1.51. The Hall–Kier alpha value is -2.54. The maximum Gasteiger partial charge on any atom is 0.277 e. The molecule has 0 atom stereocenters. The van der Waals surface area contributed by atoms with E-state index >= 15 is 0 Å². The summed E-state index contributed by atoms with van der Waals surface area (Å²) in [5.74, 6) is 1.62. The summed E-state index contributed by atoms with van der Waals surface area (Å²) in [5.41, 5.74) is 4.49. The van der Waals surface area contributed by atoms with Crippen molar-refractivity contribution in [2.45, 2.75) is 26.2 Å². The molecule has 1 aliphatic rings. The Morgan fingerprint density at radius 1 is 1.22 bits per heavy atom. The Labute approximate surface area is 166 Å². The summed E-state index contributed by atoms with van der Waals surface area (Å²) in [6, 6.07) is 11.3. The third-order valence-electron chi connectivity index (χ3n) is 3.98. The second kappa shape index (κ2) is 8.00. The van der Waals surface area contributed by atoms with Gasteiger partial charge in [-0.15, -0.1) is 0 Å². The van der Waals surface area contributed by atoms with Crippen LogP contribution >= 0.6 is 15.9 Å². The molecule has 142 valence electrons. The van der Waals surface area contributed by atoms with Gasteiger partial charge in [0, 0.05) is 10.0 Å². The maximum absolute atomic E-state index is 11.9. The number of nitrogens with one attached hydrogen (secondary N) is 1. The highest BCUT2D eigenvalue weighted by atomic mass is 79.9. The fourth-order valence-corrected chi connectivity index (χ4v) is 2.86. The molecule has 0 aliphatic carbocycles. The molecule has 7 heteroatoms. The number of rotatable bonds is 5. The molecule has 3 rings (SSSR count). The lowest BCUT2D eigenvalue weighted by Crippen LogP contribution is -2.24. The first kappa shape index (κ1) is 19.2. The molecule has 0 spiro atoms. The van der Waals surface area contributed by atoms with E-state index in [1.165, 1.54) is 11.8 Å². The summed E-state index contributed by atoms with van der Waals surface area (Å²) in [5, 5.41) is 3.96. The highest BCUT2D eigenvalue weighted by molar-refractivity contribution is 9.10. The zero-order valence-corrected chi connectivity index (χ0v) is 17.0. The van der Waals surface area contributed by atoms with Crippen LogP contribution in [0.4, 0.5) is 0 Å². The van der Waals surface area contributed by atoms with Gasteiger partial charge in [-0.05, 0) is 51.2 Å². The van der Waals surface area contributed by atoms with E-state index < -0.39 is 0 Å². The van der Waals surface area contributed by atoms with Gasteiger partial charge in [-0.1, -0.05) is 32.9 Å². The number of carbonyl (C=O) groups is 1. The van der Waals surface area contributed by atoms with Gasteiger partial charge in [-0.25, -0.2) is 5.43 Å². The summed E-state index contributed by atoms with van der Waals surface area (Å²) >= 11 is 3.43. The predicted octanol–water partition coefficient (Wildman–Crippen LogP) is 4.00. The average Bonchev–Trinajstić information content (AvgIpc) is 3.07. The van der Waals surface area contributed by atoms with Crippen LogP contribution in [0.2, 0.25) is 0 Å². The maximum atomic E-state index is 11.9. The molecule has 0 fully saturated rings. The number of halogens is 1. The number of carbonyl (C=O) groups excluding carboxylic acids is 1. The molecule has 1 heterocycles. The van der Waals surface area contributed by atoms with Crippen LogP contribution in [0.25, 0.3) is 0 Å². The van der Waals surface area contributed by atoms with Gasteiger partial charge in [0.05, 0.1) is 6.21 Å². The molecule has 2 aromatic rings. The first-order chi connectivity index (χ1) is 12.8. The van der Waals surface area contributed by atoms with Crippen molar-refractivity contribution in [1.29, 1.82) is 0 Å². The minimum atomic E-state index is -0.344. The molecular formula is C20H21BrN2O4. The molecule has 0 aromatic heterocycles. The average molecular weight is 433 g/mol. The minimum Gasteiger partial charge on any atom is -0.484 e. The molecule has 1 aliphatic heterocycles. The van der Waals surface area contributed by atoms with Crippen molar-refractivity contribution in [2.24, 2.45) is 5.10 Å². The van der Waals surface area contributed by atoms with Crippen molar-refractivity contribution >= 4 is 28.1 Å². The lowest BCUT2D eigenvalue weighted by Gasteiger charge is -2.19. The van der Waals surface area contributed by atoms with Gasteiger partial charge in [0.15, 0.2) is 18.1 Å². The van der Waals surface area contributed by atoms with Gasteiger partial charge in [0.1, 0.15) is 5.75 Å². The summed E-state index contributed by atoms with van der Waals surface area (Å²) < 4.78 is 16.9. The number of benzene rings is 2. The zero-order valence-electron chi connectivity index (χ0n) is 15.4. The van der Waals surface area contributed by atoms with E-state index in [1.54, 1.807) is 12.1 Å². The van der Waals surface area contributed by atoms with Gasteiger partial charge in [0.25, 0.3) is 5.91 Å². The SMILES string of the molecule is CC(C)(C)c1ccc(OCC(=O)N/N=C/c2cc3c(cc2Br)OCO3)cc1. The Morgan fingerprint density at radius 3 is 2.56 bits per heavy atom. The first-order valence-electron chi connectivity index (χ1n) is 8.47. The molecule has 0 saturated heterocycles. The van der Waals surface area contributed by atoms with E-state index in [4.69, 9.17) is 14.2 Å². The van der Waals surface area contributed by atoms with E-state index in [1.807, 2.05) is 24.3 Å². The van der Waals surface area contributed by atoms with Crippen LogP contribution in [0.1, 0.15) is 31.9 Å². The number of hydrogen-bond acceptors (Lipinski definition) is 5. The number of hydrazone groups is 1. The van der Waals surface area contributed by atoms with E-state index in [9.17, 15) is 4.79 Å². The van der Waals surface area contributed by atoms with Gasteiger partial charge in [0.2, 0.25) is 6.79 Å². The predicted molar refractivity (Wildman–Crippen MR) is 107 cm³/mol. The standard InChI is InChI=1S/C20H21BrN2O4/c1-20(2,3)14-4-6-15(7-5-14)25-11-19(24)23-22-10-13-8-17-18(9-16(13)21)27-12-26-17/h4-10H,11-12H2,1-3H3,(H,23,24)/b22-10+. The van der Waals surface area contributed by atoms with Crippen LogP contribution < -0.4 is 19.6 Å². The molecule has 27 heavy (non-hydrogen) atoms. The smallest absolute Gasteiger partial charge is 0.277 e. The monoisotopic (exact) mass is 432 g/mol. The molecule has 0 saturated carbocycles. The van der Waals surface area contributed by atoms with Gasteiger partial charge >= 0.3 is 0 Å². The quantitative estimate of drug-likeness (QED) is 0.572. The molecule has 0 unspecified atom stereocenters. The highest BCUT2D eigenvalue weighted by Crippen LogP contribution is 2.36. The van der Waals surface area contributed by atoms with Gasteiger partial charge in [-0.3, -0.25) is 4.79 Å². The molecule has 0 bridgehead atoms. The van der Waals surface area contributed by atoms with Crippen LogP contribution in [-0.4, -0.2) is 25.5 Å². The lowest BCUT2D eigenvalue weighted by molar-refractivity contribution is -0.123. The molecule has 0 radical (unpaired) electrons. The topological polar surface area (TPSA) is 69.2 Å². The fourth-order valence-electron chi connectivity index (χ4n) is 2.44. The Morgan fingerprint density at radius 2 is 1.89 bits per heavy atom. The van der Waals surface area contributed by atoms with Crippen molar-refractivity contribution in [3.05, 3.63) is 52.0 Å². The molecule has 1 amide bonds. The number of nitrogens with zero attached hydrogens (tertiary/aromatic N) is 1. The van der Waals surface area contributed by atoms with Gasteiger partial charge < -0.3 is 14.2 Å². The third kappa shape index (κ3) is 5.01. The summed E-state index contributed by atoms with van der Waals surface area (Å²) in [7, 11) is 0. The summed E-state index contributed by atoms with van der Waals surface area (Å²) in [6.07, 6.45) is 1.53. The van der Waals surface area contributed by atoms with Crippen molar-refractivity contribution in [3.8, 4) is 17.2 Å². The number of amides is 1. The third-order valence-corrected chi connectivity index (χ3v) is 4.66. The Bertz CT molecular complexity index is 858. The first-order valence-corrected chi connectivity index (χ1v) is 9.26. The molecule has 2 aromatic carbocycles. The van der Waals surface area contributed by atoms with Crippen LogP contribution in [-0.2, 0) is 10.2 Å². The second-order valence-corrected chi connectivity index (χ2v) is 7.94. The normalized spacial score (nSPS) is 13.0. The number of hydrogen-bond donors (Lipinski definition) is 1. The van der Waals surface area contributed by atoms with E-state index in [-0.39, 0.29) is 24.7 Å². The summed E-state index contributed by atoms with van der Waals surface area (Å²) in [6.45, 7) is 6.52. The molecular weight excluding hydrogens is 412 g/mol. The highest BCUT2D eigenvalue weighted by Gasteiger charge is 2.16. The van der Waals surface area contributed by atoms with Crippen LogP contribution in [0.15, 0.2) is 46.0 Å². The van der Waals surface area contributed by atoms with Crippen molar-refractivity contribution < 1.29 is 19.0 Å². The van der Waals surface area contributed by atoms with Gasteiger partial charge in [-0.2, -0.15) is 5.10 Å². The van der Waals surface area contributed by atoms with Crippen LogP contribution in [0.3, 0.4) is 0 Å². The number of fused-ring (bicyclic) bond motifs is 1. The number of ether oxygens (including phenoxy) is 3. The Kier molecular flexibility index (Phi) is 5.70. The van der Waals surface area contributed by atoms with Crippen molar-refractivity contribution in [3.63, 3.8) is 0 Å². The molecule has 1 N–H and O–H groups in total. The van der Waals surface area contributed by atoms with Crippen LogP contribution in [0.5, 0.6) is 17.2 Å². The van der Waals surface area contributed by atoms with Crippen molar-refractivity contribution in [1.82, 2.24) is 5.43 Å². The fraction of sp³-hybridized carbons (Fsp3) is 0.300. The summed E-state index contributed by atoms with van der Waals surface area (Å²) in [4.78, 5) is 11.9. The minimum absolute atomic E-state index is 0.0770. The largest absolute Gasteiger partial charge is 0.484 e. The van der Waals surface area contributed by atoms with E-state index in [0.29, 0.717) is 17.2 Å². The second-order valence-electron chi connectivity index (χ2n) is 7.08. The van der Waals surface area contributed by atoms with E-state index in [0.717, 1.165) is 10.0 Å². The van der Waals surface area contributed by atoms with Crippen molar-refractivity contribution in [2.75, 3.05) is 13.4 Å². The zero-order chi connectivity index (χ0) is 19.4. The molecule has 6 nitrogen and oxygen atoms in total.